The smallest absolute Gasteiger partial charge is 0.237 e. The lowest BCUT2D eigenvalue weighted by atomic mass is 9.52. The summed E-state index contributed by atoms with van der Waals surface area (Å²) in [5, 5.41) is 8.24. The number of aryl methyl sites for hydroxylation is 1. The molecule has 152 valence electrons. The van der Waals surface area contributed by atoms with Gasteiger partial charge in [0.05, 0.1) is 30.2 Å². The van der Waals surface area contributed by atoms with E-state index < -0.39 is 0 Å². The maximum Gasteiger partial charge on any atom is 0.237 e. The largest absolute Gasteiger partial charge is 0.476 e. The van der Waals surface area contributed by atoms with Crippen LogP contribution in [0.4, 0.5) is 11.6 Å². The van der Waals surface area contributed by atoms with Crippen LogP contribution in [-0.4, -0.2) is 32.4 Å². The number of rotatable bonds is 6. The van der Waals surface area contributed by atoms with Gasteiger partial charge in [0, 0.05) is 19.0 Å². The molecule has 3 fully saturated rings. The third-order valence-corrected chi connectivity index (χ3v) is 7.09. The van der Waals surface area contributed by atoms with Crippen LogP contribution in [0.1, 0.15) is 56.7 Å². The highest BCUT2D eigenvalue weighted by molar-refractivity contribution is 6.31. The highest BCUT2D eigenvalue weighted by Gasteiger charge is 2.48. The summed E-state index contributed by atoms with van der Waals surface area (Å²) in [6.07, 6.45) is 12.0. The first-order chi connectivity index (χ1) is 14.0. The molecule has 0 unspecified atom stereocenters. The molecule has 0 saturated heterocycles. The van der Waals surface area contributed by atoms with E-state index in [-0.39, 0.29) is 6.04 Å². The van der Waals surface area contributed by atoms with Crippen molar-refractivity contribution in [1.82, 2.24) is 19.7 Å². The lowest BCUT2D eigenvalue weighted by molar-refractivity contribution is -0.0422. The van der Waals surface area contributed by atoms with E-state index in [2.05, 4.69) is 25.2 Å². The van der Waals surface area contributed by atoms with Crippen molar-refractivity contribution in [3.8, 4) is 5.88 Å². The molecule has 0 amide bonds. The summed E-state index contributed by atoms with van der Waals surface area (Å²) in [5.74, 6) is 1.49. The minimum Gasteiger partial charge on any atom is -0.476 e. The SMILES string of the molecule is [C-]#[N+]C1CC(n2cc(Nc3ncc(Cl)c(OCC4CC5(CCC5)C4)n3)c(C)n2)C1. The lowest BCUT2D eigenvalue weighted by Gasteiger charge is -2.54. The predicted molar refractivity (Wildman–Crippen MR) is 110 cm³/mol. The molecule has 7 nitrogen and oxygen atoms in total. The predicted octanol–water partition coefficient (Wildman–Crippen LogP) is 4.96. The summed E-state index contributed by atoms with van der Waals surface area (Å²) in [4.78, 5) is 12.3. The van der Waals surface area contributed by atoms with Gasteiger partial charge < -0.3 is 14.9 Å². The van der Waals surface area contributed by atoms with E-state index in [4.69, 9.17) is 22.9 Å². The second-order valence-electron chi connectivity index (χ2n) is 8.93. The molecule has 2 aromatic heterocycles. The summed E-state index contributed by atoms with van der Waals surface area (Å²) >= 11 is 6.25. The van der Waals surface area contributed by atoms with E-state index in [9.17, 15) is 0 Å². The Morgan fingerprint density at radius 2 is 2.17 bits per heavy atom. The molecule has 8 heteroatoms. The fourth-order valence-electron chi connectivity index (χ4n) is 4.87. The summed E-state index contributed by atoms with van der Waals surface area (Å²) < 4.78 is 7.88. The minimum absolute atomic E-state index is 0.134. The normalized spacial score (nSPS) is 24.9. The molecule has 0 atom stereocenters. The zero-order valence-electron chi connectivity index (χ0n) is 16.6. The van der Waals surface area contributed by atoms with Crippen LogP contribution in [0, 0.1) is 24.8 Å². The van der Waals surface area contributed by atoms with E-state index in [0.29, 0.717) is 40.8 Å². The third-order valence-electron chi connectivity index (χ3n) is 6.83. The number of aromatic nitrogens is 4. The Bertz CT molecular complexity index is 949. The van der Waals surface area contributed by atoms with Gasteiger partial charge in [-0.3, -0.25) is 4.68 Å². The Kier molecular flexibility index (Phi) is 4.62. The monoisotopic (exact) mass is 412 g/mol. The number of hydrogen-bond donors (Lipinski definition) is 1. The van der Waals surface area contributed by atoms with Crippen molar-refractivity contribution >= 4 is 23.2 Å². The van der Waals surface area contributed by atoms with Crippen molar-refractivity contribution in [2.75, 3.05) is 11.9 Å². The Hall–Kier alpha value is -2.33. The number of nitrogens with one attached hydrogen (secondary N) is 1. The second-order valence-corrected chi connectivity index (χ2v) is 9.33. The molecule has 0 bridgehead atoms. The molecule has 0 aromatic carbocycles. The topological polar surface area (TPSA) is 69.2 Å². The van der Waals surface area contributed by atoms with Crippen molar-refractivity contribution in [1.29, 1.82) is 0 Å². The first-order valence-corrected chi connectivity index (χ1v) is 10.8. The minimum atomic E-state index is 0.134. The molecule has 2 heterocycles. The molecule has 1 N–H and O–H groups in total. The molecule has 29 heavy (non-hydrogen) atoms. The molecular weight excluding hydrogens is 388 g/mol. The van der Waals surface area contributed by atoms with Gasteiger partial charge in [-0.1, -0.05) is 18.0 Å². The second kappa shape index (κ2) is 7.17. The van der Waals surface area contributed by atoms with Crippen LogP contribution in [0.5, 0.6) is 5.88 Å². The average molecular weight is 413 g/mol. The van der Waals surface area contributed by atoms with Crippen LogP contribution in [0.3, 0.4) is 0 Å². The molecule has 1 spiro atoms. The van der Waals surface area contributed by atoms with Crippen LogP contribution >= 0.6 is 11.6 Å². The number of hydrogen-bond acceptors (Lipinski definition) is 5. The van der Waals surface area contributed by atoms with E-state index in [1.165, 1.54) is 32.1 Å². The molecule has 3 aliphatic carbocycles. The summed E-state index contributed by atoms with van der Waals surface area (Å²) in [7, 11) is 0. The van der Waals surface area contributed by atoms with Crippen molar-refractivity contribution in [3.05, 3.63) is 34.5 Å². The average Bonchev–Trinajstić information content (AvgIpc) is 2.94. The third kappa shape index (κ3) is 3.55. The van der Waals surface area contributed by atoms with E-state index >= 15 is 0 Å². The number of nitrogens with zero attached hydrogens (tertiary/aromatic N) is 5. The van der Waals surface area contributed by atoms with Crippen molar-refractivity contribution in [2.24, 2.45) is 11.3 Å². The van der Waals surface area contributed by atoms with Gasteiger partial charge >= 0.3 is 0 Å². The van der Waals surface area contributed by atoms with Crippen molar-refractivity contribution in [2.45, 2.75) is 64.0 Å². The van der Waals surface area contributed by atoms with Gasteiger partial charge in [-0.25, -0.2) is 11.6 Å². The van der Waals surface area contributed by atoms with Crippen molar-refractivity contribution in [3.63, 3.8) is 0 Å². The van der Waals surface area contributed by atoms with E-state index in [1.54, 1.807) is 6.20 Å². The van der Waals surface area contributed by atoms with Gasteiger partial charge in [0.2, 0.25) is 17.9 Å². The zero-order valence-corrected chi connectivity index (χ0v) is 17.3. The molecule has 0 aliphatic heterocycles. The van der Waals surface area contributed by atoms with Crippen LogP contribution in [0.25, 0.3) is 4.85 Å². The Morgan fingerprint density at radius 3 is 2.86 bits per heavy atom. The molecular formula is C21H25ClN6O. The maximum absolute atomic E-state index is 7.10. The van der Waals surface area contributed by atoms with Crippen LogP contribution in [0.2, 0.25) is 5.02 Å². The first-order valence-electron chi connectivity index (χ1n) is 10.4. The van der Waals surface area contributed by atoms with Crippen LogP contribution in [0.15, 0.2) is 12.4 Å². The fourth-order valence-corrected chi connectivity index (χ4v) is 5.02. The summed E-state index contributed by atoms with van der Waals surface area (Å²) in [6.45, 7) is 9.71. The van der Waals surface area contributed by atoms with Gasteiger partial charge in [0.1, 0.15) is 5.02 Å². The summed E-state index contributed by atoms with van der Waals surface area (Å²) in [6, 6.07) is 0.435. The van der Waals surface area contributed by atoms with Crippen LogP contribution < -0.4 is 10.1 Å². The van der Waals surface area contributed by atoms with Gasteiger partial charge in [0.15, 0.2) is 0 Å². The lowest BCUT2D eigenvalue weighted by Crippen LogP contribution is -2.44. The van der Waals surface area contributed by atoms with Gasteiger partial charge in [-0.05, 0) is 43.9 Å². The quantitative estimate of drug-likeness (QED) is 0.679. The standard InChI is InChI=1S/C21H25ClN6O/c1-13-18(11-28(27-13)16-6-15(7-16)23-2)25-20-24-10-17(22)19(26-20)29-12-14-8-21(9-14)4-3-5-21/h10-11,14-16H,3-9,12H2,1H3,(H,24,25,26). The fraction of sp³-hybridized carbons (Fsp3) is 0.619. The molecule has 5 rings (SSSR count). The van der Waals surface area contributed by atoms with Gasteiger partial charge in [-0.2, -0.15) is 10.1 Å². The number of anilines is 2. The first kappa shape index (κ1) is 18.7. The molecule has 2 aromatic rings. The highest BCUT2D eigenvalue weighted by Crippen LogP contribution is 2.58. The zero-order chi connectivity index (χ0) is 20.0. The number of ether oxygens (including phenoxy) is 1. The van der Waals surface area contributed by atoms with E-state index in [0.717, 1.165) is 24.2 Å². The van der Waals surface area contributed by atoms with E-state index in [1.807, 2.05) is 17.8 Å². The van der Waals surface area contributed by atoms with Gasteiger partial charge in [0.25, 0.3) is 0 Å². The molecule has 3 saturated carbocycles. The molecule has 3 aliphatic rings. The Balaban J connectivity index is 1.21. The number of halogens is 1. The summed E-state index contributed by atoms with van der Waals surface area (Å²) in [5.41, 5.74) is 2.37. The van der Waals surface area contributed by atoms with Gasteiger partial charge in [-0.15, -0.1) is 0 Å². The molecule has 0 radical (unpaired) electrons. The van der Waals surface area contributed by atoms with Crippen molar-refractivity contribution < 1.29 is 4.74 Å². The van der Waals surface area contributed by atoms with Crippen LogP contribution in [-0.2, 0) is 0 Å². The highest BCUT2D eigenvalue weighted by atomic mass is 35.5. The Labute approximate surface area is 175 Å². The maximum atomic E-state index is 7.10. The Morgan fingerprint density at radius 1 is 1.38 bits per heavy atom.